The van der Waals surface area contributed by atoms with Crippen molar-refractivity contribution in [2.24, 2.45) is 5.73 Å². The van der Waals surface area contributed by atoms with Crippen LogP contribution in [-0.2, 0) is 0 Å². The summed E-state index contributed by atoms with van der Waals surface area (Å²) in [5.74, 6) is -0.305. The van der Waals surface area contributed by atoms with Crippen molar-refractivity contribution in [2.45, 2.75) is 6.04 Å². The topological polar surface area (TPSA) is 26.0 Å². The van der Waals surface area contributed by atoms with Gasteiger partial charge in [0, 0.05) is 13.4 Å². The monoisotopic (exact) mass is 435 g/mol. The molecule has 0 saturated carbocycles. The van der Waals surface area contributed by atoms with E-state index in [0.717, 1.165) is 20.1 Å². The molecule has 0 aliphatic heterocycles. The first-order valence-corrected chi connectivity index (χ1v) is 7.52. The molecule has 0 aliphatic carbocycles. The maximum Gasteiger partial charge on any atom is 0.124 e. The summed E-state index contributed by atoms with van der Waals surface area (Å²) in [6, 6.07) is 10.0. The van der Waals surface area contributed by atoms with Crippen molar-refractivity contribution in [1.82, 2.24) is 0 Å². The highest BCUT2D eigenvalue weighted by molar-refractivity contribution is 9.11. The number of rotatable bonds is 2. The van der Waals surface area contributed by atoms with E-state index in [4.69, 9.17) is 5.73 Å². The lowest BCUT2D eigenvalue weighted by Gasteiger charge is -2.15. The van der Waals surface area contributed by atoms with E-state index in [-0.39, 0.29) is 11.9 Å². The van der Waals surface area contributed by atoms with Gasteiger partial charge in [0.2, 0.25) is 0 Å². The third-order valence-electron chi connectivity index (χ3n) is 2.54. The second-order valence-corrected chi connectivity index (χ2v) is 6.53. The van der Waals surface area contributed by atoms with Crippen LogP contribution in [0.25, 0.3) is 0 Å². The molecule has 0 radical (unpaired) electrons. The third-order valence-corrected chi connectivity index (χ3v) is 4.21. The van der Waals surface area contributed by atoms with Crippen molar-refractivity contribution in [3.8, 4) is 0 Å². The lowest BCUT2D eigenvalue weighted by Crippen LogP contribution is -2.13. The molecule has 0 heterocycles. The molecule has 18 heavy (non-hydrogen) atoms. The first kappa shape index (κ1) is 14.2. The Morgan fingerprint density at radius 1 is 0.944 bits per heavy atom. The van der Waals surface area contributed by atoms with Crippen molar-refractivity contribution in [3.63, 3.8) is 0 Å². The Kier molecular flexibility index (Phi) is 4.59. The van der Waals surface area contributed by atoms with Gasteiger partial charge in [-0.05, 0) is 47.5 Å². The molecule has 0 spiro atoms. The van der Waals surface area contributed by atoms with E-state index in [1.54, 1.807) is 0 Å². The zero-order valence-corrected chi connectivity index (χ0v) is 13.9. The molecule has 5 heteroatoms. The van der Waals surface area contributed by atoms with Gasteiger partial charge >= 0.3 is 0 Å². The Balaban J connectivity index is 2.47. The van der Waals surface area contributed by atoms with Crippen LogP contribution in [0.3, 0.4) is 0 Å². The molecule has 2 rings (SSSR count). The average Bonchev–Trinajstić information content (AvgIpc) is 2.30. The minimum absolute atomic E-state index is 0.305. The van der Waals surface area contributed by atoms with Crippen LogP contribution in [0.2, 0.25) is 0 Å². The van der Waals surface area contributed by atoms with Gasteiger partial charge in [0.25, 0.3) is 0 Å². The van der Waals surface area contributed by atoms with Crippen LogP contribution in [0.1, 0.15) is 17.2 Å². The zero-order valence-electron chi connectivity index (χ0n) is 9.13. The van der Waals surface area contributed by atoms with E-state index in [0.29, 0.717) is 4.47 Å². The van der Waals surface area contributed by atoms with Crippen LogP contribution < -0.4 is 5.73 Å². The lowest BCUT2D eigenvalue weighted by molar-refractivity contribution is 0.622. The van der Waals surface area contributed by atoms with E-state index in [1.807, 2.05) is 24.3 Å². The van der Waals surface area contributed by atoms with Gasteiger partial charge in [-0.3, -0.25) is 0 Å². The molecule has 2 aromatic rings. The third kappa shape index (κ3) is 3.20. The summed E-state index contributed by atoms with van der Waals surface area (Å²) >= 11 is 10.1. The lowest BCUT2D eigenvalue weighted by atomic mass is 10.00. The van der Waals surface area contributed by atoms with E-state index < -0.39 is 0 Å². The molecule has 1 atom stereocenters. The fourth-order valence-corrected chi connectivity index (χ4v) is 3.04. The van der Waals surface area contributed by atoms with Gasteiger partial charge in [-0.25, -0.2) is 4.39 Å². The molecule has 0 fully saturated rings. The highest BCUT2D eigenvalue weighted by Crippen LogP contribution is 2.31. The molecule has 0 amide bonds. The standard InChI is InChI=1S/C13H9Br3FN/c14-8-1-2-12(16)11(6-8)13(18)7-3-9(15)5-10(17)4-7/h1-6,13H,18H2. The molecule has 1 nitrogen and oxygen atoms in total. The fourth-order valence-electron chi connectivity index (χ4n) is 1.69. The molecule has 0 aliphatic rings. The summed E-state index contributed by atoms with van der Waals surface area (Å²) in [6.45, 7) is 0. The maximum absolute atomic E-state index is 13.4. The number of hydrogen-bond acceptors (Lipinski definition) is 1. The molecular weight excluding hydrogens is 429 g/mol. The zero-order chi connectivity index (χ0) is 13.3. The Morgan fingerprint density at radius 2 is 1.67 bits per heavy atom. The van der Waals surface area contributed by atoms with Crippen LogP contribution in [-0.4, -0.2) is 0 Å². The predicted octanol–water partition coefficient (Wildman–Crippen LogP) is 5.16. The predicted molar refractivity (Wildman–Crippen MR) is 82.0 cm³/mol. The van der Waals surface area contributed by atoms with E-state index in [9.17, 15) is 4.39 Å². The molecule has 94 valence electrons. The molecule has 0 bridgehead atoms. The molecular formula is C13H9Br3FN. The normalized spacial score (nSPS) is 12.5. The van der Waals surface area contributed by atoms with Gasteiger partial charge in [-0.1, -0.05) is 47.8 Å². The molecule has 2 aromatic carbocycles. The summed E-state index contributed by atoms with van der Waals surface area (Å²) in [5, 5.41) is 0. The van der Waals surface area contributed by atoms with Crippen LogP contribution in [0.5, 0.6) is 0 Å². The molecule has 1 unspecified atom stereocenters. The highest BCUT2D eigenvalue weighted by atomic mass is 79.9. The Bertz CT molecular complexity index is 566. The SMILES string of the molecule is NC(c1cc(F)cc(Br)c1)c1cc(Br)ccc1Br. The summed E-state index contributed by atoms with van der Waals surface area (Å²) in [4.78, 5) is 0. The Morgan fingerprint density at radius 3 is 2.33 bits per heavy atom. The van der Waals surface area contributed by atoms with E-state index in [2.05, 4.69) is 47.8 Å². The first-order valence-electron chi connectivity index (χ1n) is 5.14. The maximum atomic E-state index is 13.4. The largest absolute Gasteiger partial charge is 0.320 e. The van der Waals surface area contributed by atoms with Gasteiger partial charge in [0.05, 0.1) is 6.04 Å². The van der Waals surface area contributed by atoms with Crippen LogP contribution in [0.4, 0.5) is 4.39 Å². The van der Waals surface area contributed by atoms with Crippen LogP contribution in [0.15, 0.2) is 49.8 Å². The van der Waals surface area contributed by atoms with E-state index in [1.165, 1.54) is 12.1 Å². The van der Waals surface area contributed by atoms with Gasteiger partial charge in [0.15, 0.2) is 0 Å². The number of hydrogen-bond donors (Lipinski definition) is 1. The van der Waals surface area contributed by atoms with Gasteiger partial charge < -0.3 is 5.73 Å². The first-order chi connectivity index (χ1) is 8.47. The van der Waals surface area contributed by atoms with Crippen molar-refractivity contribution < 1.29 is 4.39 Å². The summed E-state index contributed by atoms with van der Waals surface area (Å²) in [7, 11) is 0. The summed E-state index contributed by atoms with van der Waals surface area (Å²) < 4.78 is 15.9. The molecule has 0 saturated heterocycles. The minimum atomic E-state index is -0.385. The van der Waals surface area contributed by atoms with Crippen LogP contribution in [0, 0.1) is 5.82 Å². The summed E-state index contributed by atoms with van der Waals surface area (Å²) in [6.07, 6.45) is 0. The van der Waals surface area contributed by atoms with Gasteiger partial charge in [-0.2, -0.15) is 0 Å². The number of benzene rings is 2. The van der Waals surface area contributed by atoms with Crippen molar-refractivity contribution in [3.05, 3.63) is 66.8 Å². The molecule has 2 N–H and O–H groups in total. The van der Waals surface area contributed by atoms with Gasteiger partial charge in [-0.15, -0.1) is 0 Å². The van der Waals surface area contributed by atoms with Crippen molar-refractivity contribution >= 4 is 47.8 Å². The fraction of sp³-hybridized carbons (Fsp3) is 0.0769. The van der Waals surface area contributed by atoms with Crippen molar-refractivity contribution in [2.75, 3.05) is 0 Å². The summed E-state index contributed by atoms with van der Waals surface area (Å²) in [5.41, 5.74) is 7.81. The van der Waals surface area contributed by atoms with E-state index >= 15 is 0 Å². The number of halogens is 4. The smallest absolute Gasteiger partial charge is 0.124 e. The van der Waals surface area contributed by atoms with Crippen LogP contribution >= 0.6 is 47.8 Å². The highest BCUT2D eigenvalue weighted by Gasteiger charge is 2.14. The molecule has 0 aromatic heterocycles. The second-order valence-electron chi connectivity index (χ2n) is 3.85. The Hall–Kier alpha value is -0.230. The van der Waals surface area contributed by atoms with Crippen molar-refractivity contribution in [1.29, 1.82) is 0 Å². The average molecular weight is 438 g/mol. The second kappa shape index (κ2) is 5.82. The van der Waals surface area contributed by atoms with Gasteiger partial charge in [0.1, 0.15) is 5.82 Å². The minimum Gasteiger partial charge on any atom is -0.320 e. The quantitative estimate of drug-likeness (QED) is 0.689. The Labute approximate surface area is 130 Å². The number of nitrogens with two attached hydrogens (primary N) is 1.